The predicted octanol–water partition coefficient (Wildman–Crippen LogP) is 2.31. The molecule has 0 bridgehead atoms. The van der Waals surface area contributed by atoms with Crippen LogP contribution in [0.3, 0.4) is 0 Å². The van der Waals surface area contributed by atoms with Gasteiger partial charge in [0.05, 0.1) is 18.8 Å². The zero-order valence-electron chi connectivity index (χ0n) is 18.6. The number of ether oxygens (including phenoxy) is 2. The fraction of sp³-hybridized carbons (Fsp3) is 0.280. The summed E-state index contributed by atoms with van der Waals surface area (Å²) in [6, 6.07) is 16.3. The molecule has 0 saturated carbocycles. The lowest BCUT2D eigenvalue weighted by molar-refractivity contribution is -0.0157. The van der Waals surface area contributed by atoms with Gasteiger partial charge in [-0.25, -0.2) is 14.8 Å². The zero-order valence-corrected chi connectivity index (χ0v) is 18.6. The van der Waals surface area contributed by atoms with Crippen LogP contribution in [0.1, 0.15) is 29.7 Å². The number of alkyl carbamates (subject to hydrolysis) is 1. The van der Waals surface area contributed by atoms with Crippen molar-refractivity contribution in [1.29, 1.82) is 0 Å². The lowest BCUT2D eigenvalue weighted by Gasteiger charge is -2.18. The maximum absolute atomic E-state index is 12.5. The highest BCUT2D eigenvalue weighted by Crippen LogP contribution is 2.44. The van der Waals surface area contributed by atoms with Gasteiger partial charge in [-0.05, 0) is 22.3 Å². The summed E-state index contributed by atoms with van der Waals surface area (Å²) in [6.07, 6.45) is 0.451. The minimum absolute atomic E-state index is 0.0315. The SMILES string of the molecule is O=C(NC[C@H]1O[C@@H](n2cnc3c(=O)[nH]cnc32)C[C@@H]1O)OCC1c2ccccc2-c2ccccc21. The van der Waals surface area contributed by atoms with Gasteiger partial charge in [-0.1, -0.05) is 48.5 Å². The number of nitrogens with zero attached hydrogens (tertiary/aromatic N) is 3. The second-order valence-corrected chi connectivity index (χ2v) is 8.69. The number of rotatable bonds is 5. The Bertz CT molecular complexity index is 1420. The van der Waals surface area contributed by atoms with Crippen LogP contribution in [0, 0.1) is 0 Å². The molecule has 2 aliphatic rings. The molecule has 4 aromatic rings. The number of H-pyrrole nitrogens is 1. The first-order valence-corrected chi connectivity index (χ1v) is 11.4. The van der Waals surface area contributed by atoms with Gasteiger partial charge in [0.25, 0.3) is 5.56 Å². The molecule has 1 aliphatic heterocycles. The van der Waals surface area contributed by atoms with E-state index in [1.807, 2.05) is 24.3 Å². The number of hydrogen-bond donors (Lipinski definition) is 3. The van der Waals surface area contributed by atoms with Gasteiger partial charge in [0, 0.05) is 18.9 Å². The first-order valence-electron chi connectivity index (χ1n) is 11.4. The minimum atomic E-state index is -0.812. The van der Waals surface area contributed by atoms with E-state index < -0.39 is 24.5 Å². The summed E-state index contributed by atoms with van der Waals surface area (Å²) >= 11 is 0. The maximum Gasteiger partial charge on any atom is 0.407 e. The Morgan fingerprint density at radius 1 is 1.14 bits per heavy atom. The summed E-state index contributed by atoms with van der Waals surface area (Å²) in [5.41, 5.74) is 4.82. The quantitative estimate of drug-likeness (QED) is 0.405. The molecule has 6 rings (SSSR count). The summed E-state index contributed by atoms with van der Waals surface area (Å²) in [5, 5.41) is 13.2. The van der Waals surface area contributed by atoms with Crippen molar-refractivity contribution in [1.82, 2.24) is 24.8 Å². The van der Waals surface area contributed by atoms with E-state index in [0.717, 1.165) is 22.3 Å². The number of fused-ring (bicyclic) bond motifs is 4. The summed E-state index contributed by atoms with van der Waals surface area (Å²) in [6.45, 7) is 0.285. The molecule has 1 aliphatic carbocycles. The van der Waals surface area contributed by atoms with Gasteiger partial charge in [0.15, 0.2) is 11.2 Å². The average molecular weight is 473 g/mol. The van der Waals surface area contributed by atoms with E-state index in [1.54, 1.807) is 4.57 Å². The largest absolute Gasteiger partial charge is 0.449 e. The number of amides is 1. The van der Waals surface area contributed by atoms with Crippen molar-refractivity contribution >= 4 is 17.3 Å². The van der Waals surface area contributed by atoms with Crippen LogP contribution in [0.2, 0.25) is 0 Å². The average Bonchev–Trinajstić information content (AvgIpc) is 3.56. The number of nitrogens with one attached hydrogen (secondary N) is 2. The van der Waals surface area contributed by atoms with Gasteiger partial charge >= 0.3 is 6.09 Å². The Kier molecular flexibility index (Phi) is 5.31. The lowest BCUT2D eigenvalue weighted by atomic mass is 9.98. The number of aliphatic hydroxyl groups excluding tert-OH is 1. The molecule has 1 amide bonds. The molecule has 3 heterocycles. The van der Waals surface area contributed by atoms with E-state index in [0.29, 0.717) is 5.65 Å². The lowest BCUT2D eigenvalue weighted by Crippen LogP contribution is -2.37. The third kappa shape index (κ3) is 3.76. The Morgan fingerprint density at radius 2 is 1.86 bits per heavy atom. The maximum atomic E-state index is 12.5. The Morgan fingerprint density at radius 3 is 2.60 bits per heavy atom. The third-order valence-electron chi connectivity index (χ3n) is 6.67. The fourth-order valence-corrected chi connectivity index (χ4v) is 4.98. The summed E-state index contributed by atoms with van der Waals surface area (Å²) < 4.78 is 13.1. The van der Waals surface area contributed by atoms with Crippen LogP contribution in [-0.2, 0) is 9.47 Å². The molecule has 35 heavy (non-hydrogen) atoms. The zero-order chi connectivity index (χ0) is 23.9. The molecule has 0 unspecified atom stereocenters. The van der Waals surface area contributed by atoms with Crippen molar-refractivity contribution in [3.8, 4) is 11.1 Å². The Hall–Kier alpha value is -4.02. The topological polar surface area (TPSA) is 131 Å². The first kappa shape index (κ1) is 21.5. The molecule has 0 radical (unpaired) electrons. The summed E-state index contributed by atoms with van der Waals surface area (Å²) in [5.74, 6) is -0.0315. The van der Waals surface area contributed by atoms with Crippen LogP contribution in [0.15, 0.2) is 66.0 Å². The van der Waals surface area contributed by atoms with Gasteiger partial charge in [-0.15, -0.1) is 0 Å². The molecule has 1 saturated heterocycles. The van der Waals surface area contributed by atoms with E-state index in [1.165, 1.54) is 12.7 Å². The molecule has 10 heteroatoms. The van der Waals surface area contributed by atoms with Crippen molar-refractivity contribution < 1.29 is 19.4 Å². The number of aromatic nitrogens is 4. The minimum Gasteiger partial charge on any atom is -0.449 e. The Labute approximate surface area is 199 Å². The standard InChI is InChI=1S/C25H23N5O5/c31-19-9-21(30-13-29-22-23(30)27-12-28-24(22)32)35-20(19)10-26-25(33)34-11-18-16-7-3-1-5-14(16)15-6-2-4-8-17(15)18/h1-8,12-13,18-21,31H,9-11H2,(H,26,33)(H,27,28,32)/t19-,20+,21+/m0/s1. The second kappa shape index (κ2) is 8.64. The molecule has 10 nitrogen and oxygen atoms in total. The number of aliphatic hydroxyl groups is 1. The van der Waals surface area contributed by atoms with Crippen LogP contribution < -0.4 is 10.9 Å². The molecule has 3 N–H and O–H groups in total. The third-order valence-corrected chi connectivity index (χ3v) is 6.67. The molecule has 3 atom stereocenters. The molecular formula is C25H23N5O5. The number of aromatic amines is 1. The predicted molar refractivity (Wildman–Crippen MR) is 126 cm³/mol. The second-order valence-electron chi connectivity index (χ2n) is 8.69. The van der Waals surface area contributed by atoms with Gasteiger partial charge in [0.2, 0.25) is 0 Å². The Balaban J connectivity index is 1.07. The molecular weight excluding hydrogens is 450 g/mol. The van der Waals surface area contributed by atoms with Crippen molar-refractivity contribution in [2.75, 3.05) is 13.2 Å². The molecule has 178 valence electrons. The number of hydrogen-bond acceptors (Lipinski definition) is 7. The van der Waals surface area contributed by atoms with E-state index in [9.17, 15) is 14.7 Å². The van der Waals surface area contributed by atoms with Crippen molar-refractivity contribution in [2.24, 2.45) is 0 Å². The highest BCUT2D eigenvalue weighted by atomic mass is 16.6. The summed E-state index contributed by atoms with van der Waals surface area (Å²) in [7, 11) is 0. The van der Waals surface area contributed by atoms with Crippen LogP contribution in [0.4, 0.5) is 4.79 Å². The smallest absolute Gasteiger partial charge is 0.407 e. The highest BCUT2D eigenvalue weighted by Gasteiger charge is 2.36. The first-order chi connectivity index (χ1) is 17.1. The van der Waals surface area contributed by atoms with Crippen LogP contribution in [0.5, 0.6) is 0 Å². The number of benzene rings is 2. The van der Waals surface area contributed by atoms with Crippen molar-refractivity contribution in [2.45, 2.75) is 30.8 Å². The van der Waals surface area contributed by atoms with Crippen molar-refractivity contribution in [3.05, 3.63) is 82.7 Å². The van der Waals surface area contributed by atoms with E-state index >= 15 is 0 Å². The van der Waals surface area contributed by atoms with E-state index in [2.05, 4.69) is 44.5 Å². The van der Waals surface area contributed by atoms with Crippen LogP contribution >= 0.6 is 0 Å². The molecule has 1 fully saturated rings. The van der Waals surface area contributed by atoms with E-state index in [-0.39, 0.29) is 36.6 Å². The van der Waals surface area contributed by atoms with Crippen LogP contribution in [-0.4, -0.2) is 56.1 Å². The normalized spacial score (nSPS) is 21.1. The van der Waals surface area contributed by atoms with E-state index in [4.69, 9.17) is 9.47 Å². The highest BCUT2D eigenvalue weighted by molar-refractivity contribution is 5.79. The fourth-order valence-electron chi connectivity index (χ4n) is 4.98. The number of carbonyl (C=O) groups is 1. The van der Waals surface area contributed by atoms with Gasteiger partial charge in [-0.3, -0.25) is 9.36 Å². The van der Waals surface area contributed by atoms with Gasteiger partial charge < -0.3 is 24.9 Å². The molecule has 2 aromatic carbocycles. The monoisotopic (exact) mass is 473 g/mol. The van der Waals surface area contributed by atoms with Crippen molar-refractivity contribution in [3.63, 3.8) is 0 Å². The summed E-state index contributed by atoms with van der Waals surface area (Å²) in [4.78, 5) is 35.1. The molecule has 2 aromatic heterocycles. The van der Waals surface area contributed by atoms with Crippen LogP contribution in [0.25, 0.3) is 22.3 Å². The number of imidazole rings is 1. The molecule has 0 spiro atoms. The van der Waals surface area contributed by atoms with Gasteiger partial charge in [0.1, 0.15) is 18.9 Å². The van der Waals surface area contributed by atoms with Gasteiger partial charge in [-0.2, -0.15) is 0 Å². The number of carbonyl (C=O) groups excluding carboxylic acids is 1.